The molecule has 3 heterocycles. The Morgan fingerprint density at radius 2 is 2.19 bits per heavy atom. The van der Waals surface area contributed by atoms with Gasteiger partial charge in [-0.05, 0) is 63.3 Å². The maximum absolute atomic E-state index is 13.9. The number of aliphatic imine (C=N–C) groups is 1. The lowest BCUT2D eigenvalue weighted by Crippen LogP contribution is -2.45. The van der Waals surface area contributed by atoms with Gasteiger partial charge in [-0.3, -0.25) is 9.80 Å². The van der Waals surface area contributed by atoms with E-state index >= 15 is 0 Å². The third-order valence-electron chi connectivity index (χ3n) is 5.56. The number of amides is 2. The van der Waals surface area contributed by atoms with Gasteiger partial charge in [-0.1, -0.05) is 0 Å². The largest absolute Gasteiger partial charge is 0.415 e. The molecule has 1 atom stereocenters. The molecule has 1 aromatic carbocycles. The van der Waals surface area contributed by atoms with Crippen LogP contribution in [-0.2, 0) is 4.79 Å². The molecule has 3 aliphatic rings. The molecule has 31 heavy (non-hydrogen) atoms. The van der Waals surface area contributed by atoms with E-state index in [1.807, 2.05) is 19.1 Å². The molecule has 4 rings (SSSR count). The highest BCUT2D eigenvalue weighted by Crippen LogP contribution is 2.33. The number of hydrazine groups is 1. The summed E-state index contributed by atoms with van der Waals surface area (Å²) in [6.45, 7) is 2.78. The van der Waals surface area contributed by atoms with Crippen molar-refractivity contribution >= 4 is 35.0 Å². The zero-order valence-electron chi connectivity index (χ0n) is 17.6. The molecule has 0 bridgehead atoms. The Hall–Kier alpha value is -2.43. The van der Waals surface area contributed by atoms with E-state index in [9.17, 15) is 14.0 Å². The van der Waals surface area contributed by atoms with Crippen molar-refractivity contribution in [3.63, 3.8) is 0 Å². The van der Waals surface area contributed by atoms with Gasteiger partial charge in [0.2, 0.25) is 0 Å². The van der Waals surface area contributed by atoms with Gasteiger partial charge in [0.25, 0.3) is 5.91 Å². The molecule has 2 saturated heterocycles. The Morgan fingerprint density at radius 1 is 1.35 bits per heavy atom. The van der Waals surface area contributed by atoms with E-state index in [0.29, 0.717) is 28.7 Å². The number of benzene rings is 1. The lowest BCUT2D eigenvalue weighted by molar-refractivity contribution is -0.113. The van der Waals surface area contributed by atoms with Crippen LogP contribution in [-0.4, -0.2) is 78.3 Å². The fourth-order valence-electron chi connectivity index (χ4n) is 3.71. The molecule has 2 amide bonds. The summed E-state index contributed by atoms with van der Waals surface area (Å²) in [6, 6.07) is 4.22. The highest BCUT2D eigenvalue weighted by Gasteiger charge is 2.30. The molecule has 166 valence electrons. The molecule has 0 saturated carbocycles. The predicted molar refractivity (Wildman–Crippen MR) is 118 cm³/mol. The number of amidine groups is 1. The van der Waals surface area contributed by atoms with Gasteiger partial charge < -0.3 is 14.5 Å². The first-order chi connectivity index (χ1) is 14.9. The van der Waals surface area contributed by atoms with Gasteiger partial charge in [-0.2, -0.15) is 4.99 Å². The van der Waals surface area contributed by atoms with Gasteiger partial charge in [-0.25, -0.2) is 14.6 Å². The van der Waals surface area contributed by atoms with Crippen LogP contribution in [0.15, 0.2) is 28.1 Å². The van der Waals surface area contributed by atoms with Crippen molar-refractivity contribution in [2.45, 2.75) is 25.3 Å². The van der Waals surface area contributed by atoms with E-state index in [1.165, 1.54) is 30.0 Å². The summed E-state index contributed by atoms with van der Waals surface area (Å²) in [5.74, 6) is -0.788. The van der Waals surface area contributed by atoms with Crippen LogP contribution in [0.2, 0.25) is 0 Å². The normalized spacial score (nSPS) is 23.1. The Balaban J connectivity index is 1.48. The van der Waals surface area contributed by atoms with E-state index in [1.54, 1.807) is 11.0 Å². The molecule has 0 spiro atoms. The van der Waals surface area contributed by atoms with Crippen LogP contribution in [0, 0.1) is 5.82 Å². The molecule has 0 aromatic heterocycles. The van der Waals surface area contributed by atoms with E-state index in [2.05, 4.69) is 15.3 Å². The lowest BCUT2D eigenvalue weighted by Gasteiger charge is -2.28. The average Bonchev–Trinajstić information content (AvgIpc) is 3.38. The zero-order chi connectivity index (χ0) is 22.0. The minimum atomic E-state index is -0.519. The van der Waals surface area contributed by atoms with Gasteiger partial charge >= 0.3 is 6.09 Å². The average molecular weight is 448 g/mol. The Morgan fingerprint density at radius 3 is 2.90 bits per heavy atom. The third kappa shape index (κ3) is 5.08. The Bertz CT molecular complexity index is 930. The summed E-state index contributed by atoms with van der Waals surface area (Å²) in [7, 11) is 3.95. The third-order valence-corrected chi connectivity index (χ3v) is 6.57. The zero-order valence-corrected chi connectivity index (χ0v) is 18.5. The van der Waals surface area contributed by atoms with Crippen LogP contribution in [0.25, 0.3) is 6.08 Å². The SMILES string of the molecule is CN(C)[C@@H]1CCN(C(=O)Oc2cc(F)ccc2/C=C2\SC(N3CCCCN3)=NC2=O)C1. The molecule has 8 nitrogen and oxygen atoms in total. The van der Waals surface area contributed by atoms with Gasteiger partial charge in [0.1, 0.15) is 11.6 Å². The second-order valence-corrected chi connectivity index (χ2v) is 8.99. The number of hydrogen-bond acceptors (Lipinski definition) is 7. The van der Waals surface area contributed by atoms with E-state index in [4.69, 9.17) is 4.74 Å². The van der Waals surface area contributed by atoms with Crippen molar-refractivity contribution in [1.82, 2.24) is 20.2 Å². The van der Waals surface area contributed by atoms with Crippen LogP contribution in [0.4, 0.5) is 9.18 Å². The van der Waals surface area contributed by atoms with Gasteiger partial charge in [0, 0.05) is 43.9 Å². The number of carbonyl (C=O) groups excluding carboxylic acids is 2. The van der Waals surface area contributed by atoms with Gasteiger partial charge in [-0.15, -0.1) is 0 Å². The van der Waals surface area contributed by atoms with Crippen LogP contribution in [0.1, 0.15) is 24.8 Å². The highest BCUT2D eigenvalue weighted by atomic mass is 32.2. The van der Waals surface area contributed by atoms with E-state index in [-0.39, 0.29) is 17.7 Å². The monoisotopic (exact) mass is 447 g/mol. The summed E-state index contributed by atoms with van der Waals surface area (Å²) in [5, 5.41) is 2.48. The number of halogens is 1. The number of thioether (sulfide) groups is 1. The number of ether oxygens (including phenoxy) is 1. The molecule has 0 aliphatic carbocycles. The summed E-state index contributed by atoms with van der Waals surface area (Å²) < 4.78 is 19.4. The fraction of sp³-hybridized carbons (Fsp3) is 0.476. The van der Waals surface area contributed by atoms with Gasteiger partial charge in [0.15, 0.2) is 5.17 Å². The number of nitrogens with one attached hydrogen (secondary N) is 1. The first kappa shape index (κ1) is 21.8. The smallest absolute Gasteiger partial charge is 0.409 e. The molecule has 1 aromatic rings. The number of hydrogen-bond donors (Lipinski definition) is 1. The van der Waals surface area contributed by atoms with Crippen LogP contribution >= 0.6 is 11.8 Å². The van der Waals surface area contributed by atoms with Crippen molar-refractivity contribution in [2.24, 2.45) is 4.99 Å². The van der Waals surface area contributed by atoms with Crippen LogP contribution in [0.5, 0.6) is 5.75 Å². The maximum Gasteiger partial charge on any atom is 0.415 e. The summed E-state index contributed by atoms with van der Waals surface area (Å²) in [5.41, 5.74) is 3.68. The topological polar surface area (TPSA) is 77.5 Å². The van der Waals surface area contributed by atoms with Crippen molar-refractivity contribution in [3.8, 4) is 5.75 Å². The molecule has 10 heteroatoms. The first-order valence-electron chi connectivity index (χ1n) is 10.4. The van der Waals surface area contributed by atoms with Crippen molar-refractivity contribution in [2.75, 3.05) is 40.3 Å². The minimum Gasteiger partial charge on any atom is -0.409 e. The number of likely N-dealkylation sites (N-methyl/N-ethyl adjacent to an activating group) is 1. The fourth-order valence-corrected chi connectivity index (χ4v) is 4.62. The quantitative estimate of drug-likeness (QED) is 0.714. The molecule has 0 radical (unpaired) electrons. The van der Waals surface area contributed by atoms with Crippen LogP contribution in [0.3, 0.4) is 0 Å². The predicted octanol–water partition coefficient (Wildman–Crippen LogP) is 2.53. The van der Waals surface area contributed by atoms with E-state index in [0.717, 1.165) is 32.4 Å². The molecular weight excluding hydrogens is 421 g/mol. The molecular formula is C21H26FN5O3S. The number of carbonyl (C=O) groups is 2. The van der Waals surface area contributed by atoms with Gasteiger partial charge in [0.05, 0.1) is 4.91 Å². The highest BCUT2D eigenvalue weighted by molar-refractivity contribution is 8.18. The second kappa shape index (κ2) is 9.37. The summed E-state index contributed by atoms with van der Waals surface area (Å²) in [4.78, 5) is 33.3. The summed E-state index contributed by atoms with van der Waals surface area (Å²) >= 11 is 1.26. The second-order valence-electron chi connectivity index (χ2n) is 7.98. The Labute approximate surface area is 185 Å². The maximum atomic E-state index is 13.9. The first-order valence-corrected chi connectivity index (χ1v) is 11.2. The molecule has 0 unspecified atom stereocenters. The molecule has 3 aliphatic heterocycles. The molecule has 1 N–H and O–H groups in total. The standard InChI is InChI=1S/C21H26FN5O3S/c1-25(2)16-7-10-26(13-16)21(29)30-17-12-15(22)6-5-14(17)11-18-19(28)24-20(31-18)27-9-4-3-8-23-27/h5-6,11-12,16,23H,3-4,7-10,13H2,1-2H3/b18-11-/t16-/m1/s1. The van der Waals surface area contributed by atoms with Crippen molar-refractivity contribution in [3.05, 3.63) is 34.5 Å². The van der Waals surface area contributed by atoms with E-state index < -0.39 is 11.9 Å². The molecule has 2 fully saturated rings. The minimum absolute atomic E-state index is 0.0868. The van der Waals surface area contributed by atoms with Crippen molar-refractivity contribution in [1.29, 1.82) is 0 Å². The number of nitrogens with zero attached hydrogens (tertiary/aromatic N) is 4. The summed E-state index contributed by atoms with van der Waals surface area (Å²) in [6.07, 6.45) is 4.06. The lowest BCUT2D eigenvalue weighted by atomic mass is 10.2. The number of rotatable bonds is 3. The Kier molecular flexibility index (Phi) is 6.59. The number of likely N-dealkylation sites (tertiary alicyclic amines) is 1. The van der Waals surface area contributed by atoms with Crippen LogP contribution < -0.4 is 10.2 Å². The van der Waals surface area contributed by atoms with Crippen molar-refractivity contribution < 1.29 is 18.7 Å².